The van der Waals surface area contributed by atoms with Crippen LogP contribution in [0.4, 0.5) is 11.7 Å². The molecule has 0 saturated heterocycles. The van der Waals surface area contributed by atoms with Crippen LogP contribution in [0.2, 0.25) is 0 Å². The van der Waals surface area contributed by atoms with Crippen LogP contribution < -0.4 is 5.32 Å². The summed E-state index contributed by atoms with van der Waals surface area (Å²) >= 11 is 0. The van der Waals surface area contributed by atoms with Crippen LogP contribution in [0.5, 0.6) is 0 Å². The summed E-state index contributed by atoms with van der Waals surface area (Å²) in [6, 6.07) is 4.91. The highest BCUT2D eigenvalue weighted by Crippen LogP contribution is 2.36. The van der Waals surface area contributed by atoms with Crippen LogP contribution in [0.1, 0.15) is 39.0 Å². The summed E-state index contributed by atoms with van der Waals surface area (Å²) in [7, 11) is 0. The summed E-state index contributed by atoms with van der Waals surface area (Å²) in [6.07, 6.45) is 6.30. The predicted octanol–water partition coefficient (Wildman–Crippen LogP) is 4.12. The Bertz CT molecular complexity index is 659. The summed E-state index contributed by atoms with van der Waals surface area (Å²) in [4.78, 5) is 14.6. The van der Waals surface area contributed by atoms with Crippen LogP contribution in [0.3, 0.4) is 0 Å². The number of nitrogens with zero attached hydrogens (tertiary/aromatic N) is 2. The lowest BCUT2D eigenvalue weighted by Gasteiger charge is -2.33. The molecule has 2 aromatic rings. The molecule has 0 amide bonds. The predicted molar refractivity (Wildman–Crippen MR) is 80.3 cm³/mol. The largest absolute Gasteiger partial charge is 0.423 e. The van der Waals surface area contributed by atoms with Gasteiger partial charge < -0.3 is 9.73 Å². The third-order valence-electron chi connectivity index (χ3n) is 4.31. The maximum atomic E-state index is 10.8. The van der Waals surface area contributed by atoms with Crippen LogP contribution in [0, 0.1) is 15.5 Å². The van der Waals surface area contributed by atoms with Crippen molar-refractivity contribution in [2.45, 2.75) is 39.0 Å². The third kappa shape index (κ3) is 2.99. The van der Waals surface area contributed by atoms with Crippen molar-refractivity contribution in [2.24, 2.45) is 5.41 Å². The van der Waals surface area contributed by atoms with E-state index in [2.05, 4.69) is 17.2 Å². The van der Waals surface area contributed by atoms with Gasteiger partial charge in [0.25, 0.3) is 11.7 Å². The van der Waals surface area contributed by atoms with Crippen LogP contribution in [0.25, 0.3) is 11.1 Å². The second-order valence-corrected chi connectivity index (χ2v) is 6.15. The second-order valence-electron chi connectivity index (χ2n) is 6.15. The maximum Gasteiger partial charge on any atom is 0.295 e. The number of aromatic nitrogens is 1. The quantitative estimate of drug-likeness (QED) is 0.676. The van der Waals surface area contributed by atoms with Crippen molar-refractivity contribution < 1.29 is 9.34 Å². The molecule has 6 nitrogen and oxygen atoms in total. The Morgan fingerprint density at radius 3 is 2.86 bits per heavy atom. The minimum atomic E-state index is -0.432. The first kappa shape index (κ1) is 13.9. The standard InChI is InChI=1S/C15H19N3O3/c1-15(7-3-2-4-8-15)10-16-14-17-12-6-5-11(18(19)20)9-13(12)21-14/h5-6,9H,2-4,7-8,10H2,1H3,(H,16,17). The molecular formula is C15H19N3O3. The van der Waals surface area contributed by atoms with E-state index in [0.717, 1.165) is 6.54 Å². The molecule has 1 N–H and O–H groups in total. The molecule has 0 radical (unpaired) electrons. The molecule has 1 aliphatic carbocycles. The SMILES string of the molecule is CC1(CNc2nc3ccc([N+](=O)[O-])cc3o2)CCCCC1. The maximum absolute atomic E-state index is 10.8. The molecule has 3 rings (SSSR count). The normalized spacial score (nSPS) is 17.8. The fourth-order valence-electron chi connectivity index (χ4n) is 2.97. The number of nitro groups is 1. The Morgan fingerprint density at radius 1 is 1.38 bits per heavy atom. The molecule has 0 atom stereocenters. The van der Waals surface area contributed by atoms with E-state index in [1.54, 1.807) is 6.07 Å². The monoisotopic (exact) mass is 289 g/mol. The van der Waals surface area contributed by atoms with Crippen LogP contribution in [-0.2, 0) is 0 Å². The number of nitro benzene ring substituents is 1. The van der Waals surface area contributed by atoms with Crippen molar-refractivity contribution in [3.8, 4) is 0 Å². The molecule has 1 saturated carbocycles. The summed E-state index contributed by atoms with van der Waals surface area (Å²) in [5.41, 5.74) is 1.38. The fourth-order valence-corrected chi connectivity index (χ4v) is 2.97. The summed E-state index contributed by atoms with van der Waals surface area (Å²) in [5.74, 6) is 0. The molecule has 1 aliphatic rings. The lowest BCUT2D eigenvalue weighted by Crippen LogP contribution is -2.28. The number of anilines is 1. The van der Waals surface area contributed by atoms with Crippen molar-refractivity contribution in [2.75, 3.05) is 11.9 Å². The zero-order valence-corrected chi connectivity index (χ0v) is 12.1. The van der Waals surface area contributed by atoms with Gasteiger partial charge in [-0.3, -0.25) is 10.1 Å². The highest BCUT2D eigenvalue weighted by molar-refractivity contribution is 5.77. The summed E-state index contributed by atoms with van der Waals surface area (Å²) < 4.78 is 5.57. The zero-order valence-electron chi connectivity index (χ0n) is 12.1. The van der Waals surface area contributed by atoms with E-state index < -0.39 is 4.92 Å². The Kier molecular flexibility index (Phi) is 3.53. The molecule has 6 heteroatoms. The first-order chi connectivity index (χ1) is 10.1. The zero-order chi connectivity index (χ0) is 14.9. The van der Waals surface area contributed by atoms with Crippen LogP contribution >= 0.6 is 0 Å². The van der Waals surface area contributed by atoms with Crippen LogP contribution in [-0.4, -0.2) is 16.5 Å². The molecule has 1 aromatic heterocycles. The molecule has 0 aliphatic heterocycles. The van der Waals surface area contributed by atoms with E-state index >= 15 is 0 Å². The van der Waals surface area contributed by atoms with E-state index in [-0.39, 0.29) is 11.1 Å². The topological polar surface area (TPSA) is 81.2 Å². The van der Waals surface area contributed by atoms with E-state index in [4.69, 9.17) is 4.42 Å². The third-order valence-corrected chi connectivity index (χ3v) is 4.31. The molecule has 0 unspecified atom stereocenters. The van der Waals surface area contributed by atoms with E-state index in [0.29, 0.717) is 17.1 Å². The van der Waals surface area contributed by atoms with Crippen molar-refractivity contribution in [1.29, 1.82) is 0 Å². The Labute approximate surface area is 122 Å². The number of fused-ring (bicyclic) bond motifs is 1. The lowest BCUT2D eigenvalue weighted by molar-refractivity contribution is -0.384. The molecule has 0 bridgehead atoms. The van der Waals surface area contributed by atoms with Gasteiger partial charge in [0.1, 0.15) is 5.52 Å². The minimum Gasteiger partial charge on any atom is -0.423 e. The first-order valence-electron chi connectivity index (χ1n) is 7.35. The van der Waals surface area contributed by atoms with Gasteiger partial charge in [-0.05, 0) is 24.3 Å². The molecule has 112 valence electrons. The molecular weight excluding hydrogens is 270 g/mol. The highest BCUT2D eigenvalue weighted by atomic mass is 16.6. The van der Waals surface area contributed by atoms with Gasteiger partial charge in [0, 0.05) is 12.6 Å². The van der Waals surface area contributed by atoms with Crippen molar-refractivity contribution in [3.05, 3.63) is 28.3 Å². The number of rotatable bonds is 4. The van der Waals surface area contributed by atoms with Gasteiger partial charge in [-0.25, -0.2) is 0 Å². The van der Waals surface area contributed by atoms with Gasteiger partial charge in [0.2, 0.25) is 0 Å². The average Bonchev–Trinajstić information content (AvgIpc) is 2.88. The molecule has 0 spiro atoms. The average molecular weight is 289 g/mol. The number of nitrogens with one attached hydrogen (secondary N) is 1. The summed E-state index contributed by atoms with van der Waals surface area (Å²) in [5, 5.41) is 14.0. The van der Waals surface area contributed by atoms with Gasteiger partial charge in [-0.15, -0.1) is 0 Å². The number of non-ortho nitro benzene ring substituents is 1. The molecule has 1 aromatic carbocycles. The number of hydrogen-bond donors (Lipinski definition) is 1. The van der Waals surface area contributed by atoms with Crippen molar-refractivity contribution >= 4 is 22.8 Å². The van der Waals surface area contributed by atoms with Crippen molar-refractivity contribution in [1.82, 2.24) is 4.98 Å². The highest BCUT2D eigenvalue weighted by Gasteiger charge is 2.27. The smallest absolute Gasteiger partial charge is 0.295 e. The fraction of sp³-hybridized carbons (Fsp3) is 0.533. The van der Waals surface area contributed by atoms with Gasteiger partial charge >= 0.3 is 0 Å². The van der Waals surface area contributed by atoms with Gasteiger partial charge in [0.15, 0.2) is 5.58 Å². The molecule has 1 fully saturated rings. The number of benzene rings is 1. The molecule has 21 heavy (non-hydrogen) atoms. The lowest BCUT2D eigenvalue weighted by atomic mass is 9.76. The second kappa shape index (κ2) is 5.35. The van der Waals surface area contributed by atoms with Gasteiger partial charge in [-0.1, -0.05) is 26.2 Å². The number of oxazole rings is 1. The van der Waals surface area contributed by atoms with E-state index in [1.807, 2.05) is 0 Å². The van der Waals surface area contributed by atoms with E-state index in [1.165, 1.54) is 44.2 Å². The summed E-state index contributed by atoms with van der Waals surface area (Å²) in [6.45, 7) is 3.11. The Balaban J connectivity index is 1.73. The number of hydrogen-bond acceptors (Lipinski definition) is 5. The Morgan fingerprint density at radius 2 is 2.14 bits per heavy atom. The van der Waals surface area contributed by atoms with Crippen molar-refractivity contribution in [3.63, 3.8) is 0 Å². The van der Waals surface area contributed by atoms with E-state index in [9.17, 15) is 10.1 Å². The van der Waals surface area contributed by atoms with Crippen LogP contribution in [0.15, 0.2) is 22.6 Å². The van der Waals surface area contributed by atoms with Gasteiger partial charge in [-0.2, -0.15) is 4.98 Å². The first-order valence-corrected chi connectivity index (χ1v) is 7.35. The Hall–Kier alpha value is -2.11. The minimum absolute atomic E-state index is 0.0180. The molecule has 1 heterocycles. The van der Waals surface area contributed by atoms with Gasteiger partial charge in [0.05, 0.1) is 11.0 Å².